The average molecular weight is 529 g/mol. The highest BCUT2D eigenvalue weighted by Gasteiger charge is 2.41. The van der Waals surface area contributed by atoms with Crippen molar-refractivity contribution in [1.29, 1.82) is 0 Å². The van der Waals surface area contributed by atoms with Gasteiger partial charge in [-0.15, -0.1) is 0 Å². The van der Waals surface area contributed by atoms with Crippen LogP contribution in [0.2, 0.25) is 0 Å². The number of pyridine rings is 3. The summed E-state index contributed by atoms with van der Waals surface area (Å²) in [5.41, 5.74) is 5.67. The van der Waals surface area contributed by atoms with Gasteiger partial charge in [0.1, 0.15) is 17.7 Å². The number of nitrogens with zero attached hydrogens (tertiary/aromatic N) is 4. The van der Waals surface area contributed by atoms with E-state index in [1.165, 1.54) is 18.2 Å². The van der Waals surface area contributed by atoms with Crippen LogP contribution in [-0.4, -0.2) is 41.4 Å². The van der Waals surface area contributed by atoms with Crippen molar-refractivity contribution in [2.24, 2.45) is 5.92 Å². The van der Waals surface area contributed by atoms with Crippen molar-refractivity contribution < 1.29 is 22.3 Å². The lowest BCUT2D eigenvalue weighted by Crippen LogP contribution is -2.44. The lowest BCUT2D eigenvalue weighted by molar-refractivity contribution is 0.0980. The minimum atomic E-state index is -4.38. The summed E-state index contributed by atoms with van der Waals surface area (Å²) in [5, 5.41) is -0.433. The van der Waals surface area contributed by atoms with Gasteiger partial charge in [-0.1, -0.05) is 13.0 Å². The standard InChI is InChI=1S/C25H29FN6O4S/c1-15-10-13-32(25(15,3)4)22-18(23(33)31-37(34,35)21-7-5-6-20(27)29-21)14-19(26)24(30-22)36-16(2)17-8-11-28-12-9-17/h5-9,11-12,14-16H,10,13H2,1-4H3,(H2,27,29)(H,31,33). The Kier molecular flexibility index (Phi) is 7.05. The number of ether oxygens (including phenoxy) is 1. The van der Waals surface area contributed by atoms with Gasteiger partial charge in [-0.3, -0.25) is 9.78 Å². The fraction of sp³-hybridized carbons (Fsp3) is 0.360. The van der Waals surface area contributed by atoms with Crippen molar-refractivity contribution >= 4 is 27.6 Å². The van der Waals surface area contributed by atoms with Crippen LogP contribution in [0.25, 0.3) is 0 Å². The van der Waals surface area contributed by atoms with E-state index < -0.39 is 38.4 Å². The second-order valence-electron chi connectivity index (χ2n) is 9.52. The molecular formula is C25H29FN6O4S. The molecular weight excluding hydrogens is 499 g/mol. The normalized spacial score (nSPS) is 17.9. The Balaban J connectivity index is 1.74. The minimum absolute atomic E-state index is 0.0265. The second-order valence-corrected chi connectivity index (χ2v) is 11.1. The first-order chi connectivity index (χ1) is 17.4. The number of nitrogens with two attached hydrogens (primary N) is 1. The maximum atomic E-state index is 15.3. The van der Waals surface area contributed by atoms with Crippen molar-refractivity contribution in [3.8, 4) is 5.88 Å². The van der Waals surface area contributed by atoms with Crippen molar-refractivity contribution in [2.45, 2.75) is 50.8 Å². The number of aromatic nitrogens is 3. The molecule has 2 atom stereocenters. The van der Waals surface area contributed by atoms with Crippen LogP contribution in [0.15, 0.2) is 53.8 Å². The monoisotopic (exact) mass is 528 g/mol. The number of sulfonamides is 1. The van der Waals surface area contributed by atoms with E-state index in [1.54, 1.807) is 31.5 Å². The molecule has 3 aromatic heterocycles. The number of nitrogens with one attached hydrogen (secondary N) is 1. The highest BCUT2D eigenvalue weighted by molar-refractivity contribution is 7.90. The fourth-order valence-corrected chi connectivity index (χ4v) is 5.15. The Morgan fingerprint density at radius 2 is 1.95 bits per heavy atom. The summed E-state index contributed by atoms with van der Waals surface area (Å²) < 4.78 is 48.7. The number of hydrogen-bond donors (Lipinski definition) is 2. The van der Waals surface area contributed by atoms with E-state index in [4.69, 9.17) is 10.5 Å². The van der Waals surface area contributed by atoms with Gasteiger partial charge in [0.2, 0.25) is 0 Å². The van der Waals surface area contributed by atoms with E-state index in [0.29, 0.717) is 6.54 Å². The number of nitrogen functional groups attached to an aromatic ring is 1. The van der Waals surface area contributed by atoms with Crippen molar-refractivity contribution in [3.05, 3.63) is 65.7 Å². The van der Waals surface area contributed by atoms with Crippen LogP contribution in [0.4, 0.5) is 16.0 Å². The lowest BCUT2D eigenvalue weighted by atomic mass is 9.90. The summed E-state index contributed by atoms with van der Waals surface area (Å²) in [7, 11) is -4.38. The minimum Gasteiger partial charge on any atom is -0.468 e. The fourth-order valence-electron chi connectivity index (χ4n) is 4.21. The van der Waals surface area contributed by atoms with E-state index in [9.17, 15) is 13.2 Å². The molecule has 0 spiro atoms. The van der Waals surface area contributed by atoms with Gasteiger partial charge in [-0.25, -0.2) is 14.1 Å². The molecule has 196 valence electrons. The summed E-state index contributed by atoms with van der Waals surface area (Å²) in [4.78, 5) is 27.3. The SMILES string of the molecule is CC(Oc1nc(N2CCC(C)C2(C)C)c(C(=O)NS(=O)(=O)c2cccc(N)n2)cc1F)c1ccncc1. The summed E-state index contributed by atoms with van der Waals surface area (Å²) in [6, 6.07) is 8.46. The molecule has 1 saturated heterocycles. The van der Waals surface area contributed by atoms with Gasteiger partial charge >= 0.3 is 0 Å². The molecule has 0 aliphatic carbocycles. The number of amides is 1. The van der Waals surface area contributed by atoms with Crippen LogP contribution in [-0.2, 0) is 10.0 Å². The number of carbonyl (C=O) groups excluding carboxylic acids is 1. The van der Waals surface area contributed by atoms with Gasteiger partial charge in [-0.05, 0) is 69.0 Å². The first-order valence-electron chi connectivity index (χ1n) is 11.7. The highest BCUT2D eigenvalue weighted by atomic mass is 32.2. The third-order valence-corrected chi connectivity index (χ3v) is 8.05. The predicted octanol–water partition coefficient (Wildman–Crippen LogP) is 3.48. The van der Waals surface area contributed by atoms with E-state index in [1.807, 2.05) is 23.5 Å². The van der Waals surface area contributed by atoms with Crippen LogP contribution >= 0.6 is 0 Å². The van der Waals surface area contributed by atoms with Gasteiger partial charge in [-0.2, -0.15) is 13.4 Å². The predicted molar refractivity (Wildman–Crippen MR) is 136 cm³/mol. The number of hydrogen-bond acceptors (Lipinski definition) is 9. The molecule has 12 heteroatoms. The molecule has 4 rings (SSSR count). The molecule has 0 radical (unpaired) electrons. The Morgan fingerprint density at radius 1 is 1.24 bits per heavy atom. The van der Waals surface area contributed by atoms with Crippen LogP contribution in [0.5, 0.6) is 5.88 Å². The largest absolute Gasteiger partial charge is 0.468 e. The second kappa shape index (κ2) is 9.92. The van der Waals surface area contributed by atoms with Gasteiger partial charge in [0.05, 0.1) is 5.56 Å². The molecule has 10 nitrogen and oxygen atoms in total. The lowest BCUT2D eigenvalue weighted by Gasteiger charge is -2.36. The highest BCUT2D eigenvalue weighted by Crippen LogP contribution is 2.40. The maximum Gasteiger partial charge on any atom is 0.281 e. The summed E-state index contributed by atoms with van der Waals surface area (Å²) in [6.07, 6.45) is 3.45. The molecule has 3 N–H and O–H groups in total. The average Bonchev–Trinajstić information content (AvgIpc) is 3.12. The zero-order valence-electron chi connectivity index (χ0n) is 21.0. The molecule has 37 heavy (non-hydrogen) atoms. The molecule has 3 aromatic rings. The number of anilines is 2. The quantitative estimate of drug-likeness (QED) is 0.471. The zero-order valence-corrected chi connectivity index (χ0v) is 21.8. The molecule has 4 heterocycles. The summed E-state index contributed by atoms with van der Waals surface area (Å²) >= 11 is 0. The van der Waals surface area contributed by atoms with Crippen LogP contribution in [0.1, 0.15) is 56.1 Å². The van der Waals surface area contributed by atoms with E-state index in [-0.39, 0.29) is 29.0 Å². The molecule has 1 amide bonds. The van der Waals surface area contributed by atoms with Crippen LogP contribution in [0.3, 0.4) is 0 Å². The molecule has 1 aliphatic heterocycles. The van der Waals surface area contributed by atoms with Gasteiger partial charge in [0.25, 0.3) is 21.8 Å². The summed E-state index contributed by atoms with van der Waals surface area (Å²) in [6.45, 7) is 8.33. The van der Waals surface area contributed by atoms with E-state index in [0.717, 1.165) is 18.1 Å². The number of halogens is 1. The van der Waals surface area contributed by atoms with E-state index >= 15 is 4.39 Å². The van der Waals surface area contributed by atoms with Gasteiger partial charge in [0, 0.05) is 24.5 Å². The van der Waals surface area contributed by atoms with Crippen molar-refractivity contribution in [1.82, 2.24) is 19.7 Å². The molecule has 2 unspecified atom stereocenters. The smallest absolute Gasteiger partial charge is 0.281 e. The molecule has 0 bridgehead atoms. The third kappa shape index (κ3) is 5.33. The molecule has 1 aliphatic rings. The number of rotatable bonds is 7. The van der Waals surface area contributed by atoms with Crippen molar-refractivity contribution in [3.63, 3.8) is 0 Å². The molecule has 1 fully saturated rings. The summed E-state index contributed by atoms with van der Waals surface area (Å²) in [5.74, 6) is -1.92. The van der Waals surface area contributed by atoms with Gasteiger partial charge in [0.15, 0.2) is 10.8 Å². The Labute approximate surface area is 215 Å². The van der Waals surface area contributed by atoms with Crippen LogP contribution < -0.4 is 20.1 Å². The van der Waals surface area contributed by atoms with Gasteiger partial charge < -0.3 is 15.4 Å². The Bertz CT molecular complexity index is 1420. The third-order valence-electron chi connectivity index (χ3n) is 6.82. The van der Waals surface area contributed by atoms with Crippen molar-refractivity contribution in [2.75, 3.05) is 17.2 Å². The first-order valence-corrected chi connectivity index (χ1v) is 13.2. The van der Waals surface area contributed by atoms with E-state index in [2.05, 4.69) is 21.9 Å². The topological polar surface area (TPSA) is 140 Å². The zero-order chi connectivity index (χ0) is 27.0. The number of carbonyl (C=O) groups is 1. The Morgan fingerprint density at radius 3 is 2.57 bits per heavy atom. The molecule has 0 saturated carbocycles. The van der Waals surface area contributed by atoms with Crippen LogP contribution in [0, 0.1) is 11.7 Å². The first kappa shape index (κ1) is 26.3. The Hall–Kier alpha value is -3.80. The maximum absolute atomic E-state index is 15.3. The molecule has 0 aromatic carbocycles.